The van der Waals surface area contributed by atoms with E-state index in [4.69, 9.17) is 0 Å². The molecule has 0 spiro atoms. The van der Waals surface area contributed by atoms with Gasteiger partial charge in [-0.05, 0) is 33.7 Å². The summed E-state index contributed by atoms with van der Waals surface area (Å²) in [5.41, 5.74) is -0.707. The molecule has 0 heterocycles. The standard InChI is InChI=1S/C16H10O4.2K/c17-15(18)12-6-5-11-7-9-3-1-2-4-10(9)8-13(11)14(12)16(19)20;;/h1-8H,(H,17,18)(H,19,20);;/q;2*+1/p-2. The summed E-state index contributed by atoms with van der Waals surface area (Å²) in [7, 11) is 0. The van der Waals surface area contributed by atoms with Crippen molar-refractivity contribution in [3.05, 3.63) is 59.7 Å². The summed E-state index contributed by atoms with van der Waals surface area (Å²) in [5, 5.41) is 25.1. The fourth-order valence-electron chi connectivity index (χ4n) is 2.40. The molecule has 0 saturated carbocycles. The predicted octanol–water partition coefficient (Wildman–Crippen LogP) is -5.27. The Morgan fingerprint density at radius 2 is 1.32 bits per heavy atom. The third-order valence-electron chi connectivity index (χ3n) is 3.31. The van der Waals surface area contributed by atoms with E-state index in [1.807, 2.05) is 30.3 Å². The second kappa shape index (κ2) is 8.48. The molecule has 0 amide bonds. The quantitative estimate of drug-likeness (QED) is 0.344. The topological polar surface area (TPSA) is 80.3 Å². The van der Waals surface area contributed by atoms with Crippen molar-refractivity contribution in [2.75, 3.05) is 0 Å². The van der Waals surface area contributed by atoms with Crippen molar-refractivity contribution < 1.29 is 123 Å². The van der Waals surface area contributed by atoms with Gasteiger partial charge in [0.15, 0.2) is 0 Å². The fraction of sp³-hybridized carbons (Fsp3) is 0. The van der Waals surface area contributed by atoms with Crippen molar-refractivity contribution >= 4 is 33.5 Å². The maximum absolute atomic E-state index is 11.3. The van der Waals surface area contributed by atoms with Gasteiger partial charge in [0.05, 0.1) is 11.9 Å². The molecule has 3 rings (SSSR count). The van der Waals surface area contributed by atoms with Crippen molar-refractivity contribution in [1.82, 2.24) is 0 Å². The monoisotopic (exact) mass is 342 g/mol. The van der Waals surface area contributed by atoms with E-state index in [2.05, 4.69) is 0 Å². The fourth-order valence-corrected chi connectivity index (χ4v) is 2.40. The van der Waals surface area contributed by atoms with Crippen LogP contribution in [-0.2, 0) is 0 Å². The summed E-state index contributed by atoms with van der Waals surface area (Å²) in [6.07, 6.45) is 0. The van der Waals surface area contributed by atoms with Crippen LogP contribution in [0.1, 0.15) is 20.7 Å². The molecule has 0 radical (unpaired) electrons. The van der Waals surface area contributed by atoms with Gasteiger partial charge in [-0.25, -0.2) is 0 Å². The van der Waals surface area contributed by atoms with Crippen molar-refractivity contribution in [3.63, 3.8) is 0 Å². The summed E-state index contributed by atoms with van der Waals surface area (Å²) in [4.78, 5) is 22.3. The Labute approximate surface area is 211 Å². The molecule has 0 atom stereocenters. The number of rotatable bonds is 2. The van der Waals surface area contributed by atoms with Gasteiger partial charge in [0, 0.05) is 11.1 Å². The summed E-state index contributed by atoms with van der Waals surface area (Å²) in [6.45, 7) is 0. The van der Waals surface area contributed by atoms with E-state index in [-0.39, 0.29) is 114 Å². The minimum atomic E-state index is -1.53. The van der Waals surface area contributed by atoms with Crippen LogP contribution < -0.4 is 113 Å². The van der Waals surface area contributed by atoms with Crippen LogP contribution in [0.4, 0.5) is 0 Å². The number of carboxylic acid groups (broad SMARTS) is 2. The molecule has 0 aliphatic heterocycles. The van der Waals surface area contributed by atoms with Gasteiger partial charge >= 0.3 is 103 Å². The maximum atomic E-state index is 11.3. The predicted molar refractivity (Wildman–Crippen MR) is 70.1 cm³/mol. The van der Waals surface area contributed by atoms with Crippen LogP contribution in [-0.4, -0.2) is 11.9 Å². The summed E-state index contributed by atoms with van der Waals surface area (Å²) >= 11 is 0. The van der Waals surface area contributed by atoms with Gasteiger partial charge in [-0.3, -0.25) is 0 Å². The summed E-state index contributed by atoms with van der Waals surface area (Å²) in [6, 6.07) is 13.7. The second-order valence-electron chi connectivity index (χ2n) is 4.48. The minimum Gasteiger partial charge on any atom is -0.545 e. The molecular formula is C16H8K2O4. The Kier molecular flexibility index (Phi) is 7.88. The second-order valence-corrected chi connectivity index (χ2v) is 4.48. The van der Waals surface area contributed by atoms with Crippen molar-refractivity contribution in [3.8, 4) is 0 Å². The first kappa shape index (κ1) is 20.4. The van der Waals surface area contributed by atoms with Crippen molar-refractivity contribution in [2.24, 2.45) is 0 Å². The number of hydrogen-bond acceptors (Lipinski definition) is 4. The number of carbonyl (C=O) groups is 2. The number of carbonyl (C=O) groups excluding carboxylic acids is 2. The van der Waals surface area contributed by atoms with Crippen LogP contribution in [0.2, 0.25) is 0 Å². The Balaban J connectivity index is 0.00000121. The molecule has 3 aromatic carbocycles. The first-order chi connectivity index (χ1) is 9.58. The van der Waals surface area contributed by atoms with Crippen LogP contribution in [0, 0.1) is 0 Å². The zero-order valence-electron chi connectivity index (χ0n) is 12.3. The first-order valence-electron chi connectivity index (χ1n) is 5.96. The van der Waals surface area contributed by atoms with E-state index in [0.29, 0.717) is 10.8 Å². The molecule has 6 heteroatoms. The number of fused-ring (bicyclic) bond motifs is 2. The number of hydrogen-bond donors (Lipinski definition) is 0. The Bertz CT molecular complexity index is 875. The van der Waals surface area contributed by atoms with Crippen LogP contribution in [0.25, 0.3) is 21.5 Å². The first-order valence-corrected chi connectivity index (χ1v) is 5.96. The van der Waals surface area contributed by atoms with E-state index in [1.54, 1.807) is 12.1 Å². The Morgan fingerprint density at radius 3 is 1.86 bits per heavy atom. The molecule has 0 fully saturated rings. The molecule has 22 heavy (non-hydrogen) atoms. The van der Waals surface area contributed by atoms with Crippen molar-refractivity contribution in [2.45, 2.75) is 0 Å². The third kappa shape index (κ3) is 3.89. The van der Waals surface area contributed by atoms with Crippen LogP contribution in [0.15, 0.2) is 48.5 Å². The van der Waals surface area contributed by atoms with Crippen LogP contribution in [0.3, 0.4) is 0 Å². The minimum absolute atomic E-state index is 0. The molecule has 4 nitrogen and oxygen atoms in total. The van der Waals surface area contributed by atoms with Crippen LogP contribution in [0.5, 0.6) is 0 Å². The third-order valence-corrected chi connectivity index (χ3v) is 3.31. The maximum Gasteiger partial charge on any atom is 1.00 e. The molecule has 0 saturated heterocycles. The van der Waals surface area contributed by atoms with Gasteiger partial charge in [-0.15, -0.1) is 0 Å². The molecule has 0 bridgehead atoms. The van der Waals surface area contributed by atoms with E-state index < -0.39 is 11.9 Å². The summed E-state index contributed by atoms with van der Waals surface area (Å²) < 4.78 is 0. The molecular weight excluding hydrogens is 334 g/mol. The van der Waals surface area contributed by atoms with E-state index >= 15 is 0 Å². The van der Waals surface area contributed by atoms with Crippen LogP contribution >= 0.6 is 0 Å². The van der Waals surface area contributed by atoms with E-state index in [1.165, 1.54) is 6.07 Å². The van der Waals surface area contributed by atoms with Gasteiger partial charge in [0.25, 0.3) is 0 Å². The average Bonchev–Trinajstić information content (AvgIpc) is 2.43. The summed E-state index contributed by atoms with van der Waals surface area (Å²) in [5.74, 6) is -3.05. The van der Waals surface area contributed by atoms with Gasteiger partial charge in [-0.1, -0.05) is 36.4 Å². The average molecular weight is 342 g/mol. The molecule has 0 aliphatic rings. The van der Waals surface area contributed by atoms with Gasteiger partial charge in [-0.2, -0.15) is 0 Å². The number of aromatic carboxylic acids is 2. The molecule has 0 aliphatic carbocycles. The number of benzene rings is 3. The smallest absolute Gasteiger partial charge is 0.545 e. The molecule has 3 aromatic rings. The molecule has 98 valence electrons. The zero-order valence-corrected chi connectivity index (χ0v) is 18.5. The normalized spacial score (nSPS) is 9.82. The Hall–Kier alpha value is 0.393. The van der Waals surface area contributed by atoms with Gasteiger partial charge in [0.1, 0.15) is 0 Å². The van der Waals surface area contributed by atoms with E-state index in [0.717, 1.165) is 10.8 Å². The van der Waals surface area contributed by atoms with E-state index in [9.17, 15) is 19.8 Å². The zero-order chi connectivity index (χ0) is 14.3. The molecule has 0 unspecified atom stereocenters. The SMILES string of the molecule is O=C([O-])c1ccc2cc3ccccc3cc2c1C(=O)[O-].[K+].[K+]. The Morgan fingerprint density at radius 1 is 0.727 bits per heavy atom. The number of carboxylic acids is 2. The van der Waals surface area contributed by atoms with Crippen molar-refractivity contribution in [1.29, 1.82) is 0 Å². The largest absolute Gasteiger partial charge is 1.00 e. The van der Waals surface area contributed by atoms with Gasteiger partial charge in [0.2, 0.25) is 0 Å². The molecule has 0 N–H and O–H groups in total. The molecule has 0 aromatic heterocycles. The van der Waals surface area contributed by atoms with Gasteiger partial charge < -0.3 is 19.8 Å².